The van der Waals surface area contributed by atoms with Crippen molar-refractivity contribution in [1.29, 1.82) is 5.26 Å². The van der Waals surface area contributed by atoms with Crippen LogP contribution in [0.5, 0.6) is 0 Å². The lowest BCUT2D eigenvalue weighted by atomic mass is 9.93. The lowest BCUT2D eigenvalue weighted by Crippen LogP contribution is -2.16. The summed E-state index contributed by atoms with van der Waals surface area (Å²) >= 11 is 1.73. The van der Waals surface area contributed by atoms with Gasteiger partial charge in [0.1, 0.15) is 16.5 Å². The molecule has 0 radical (unpaired) electrons. The molecule has 362 valence electrons. The van der Waals surface area contributed by atoms with Crippen LogP contribution in [0.3, 0.4) is 0 Å². The third-order valence-corrected chi connectivity index (χ3v) is 17.6. The predicted octanol–water partition coefficient (Wildman–Crippen LogP) is 18.6. The highest BCUT2D eigenvalue weighted by atomic mass is 32.1. The monoisotopic (exact) mass is 1000 g/mol. The zero-order chi connectivity index (χ0) is 51.4. The van der Waals surface area contributed by atoms with Crippen molar-refractivity contribution in [3.63, 3.8) is 0 Å². The first-order chi connectivity index (χ1) is 37.9. The van der Waals surface area contributed by atoms with Crippen LogP contribution in [0.25, 0.3) is 141 Å². The average molecular weight is 1000 g/mol. The number of hydrogen-bond donors (Lipinski definition) is 0. The van der Waals surface area contributed by atoms with E-state index >= 15 is 0 Å². The Hall–Kier alpha value is -9.74. The highest BCUT2D eigenvalue weighted by molar-refractivity contribution is 7.25. The number of fused-ring (bicyclic) bond motifs is 15. The summed E-state index contributed by atoms with van der Waals surface area (Å²) in [6, 6.07) is 76.1. The van der Waals surface area contributed by atoms with Crippen LogP contribution in [0.15, 0.2) is 206 Å². The molecule has 77 heavy (non-hydrogen) atoms. The van der Waals surface area contributed by atoms with Crippen molar-refractivity contribution >= 4 is 119 Å². The number of aromatic nitrogens is 5. The van der Waals surface area contributed by atoms with E-state index in [0.29, 0.717) is 5.56 Å². The predicted molar refractivity (Wildman–Crippen MR) is 324 cm³/mol. The van der Waals surface area contributed by atoms with Crippen molar-refractivity contribution in [2.75, 3.05) is 0 Å². The van der Waals surface area contributed by atoms with Crippen LogP contribution in [0.2, 0.25) is 0 Å². The summed E-state index contributed by atoms with van der Waals surface area (Å²) in [5.41, 5.74) is 19.0. The molecule has 0 atom stereocenters. The zero-order valence-electron chi connectivity index (χ0n) is 42.7. The highest BCUT2D eigenvalue weighted by Gasteiger charge is 2.35. The molecule has 0 aliphatic heterocycles. The molecule has 0 bridgehead atoms. The zero-order valence-corrected chi connectivity index (χ0v) is 43.5. The van der Waals surface area contributed by atoms with E-state index in [9.17, 15) is 5.26 Å². The van der Waals surface area contributed by atoms with Crippen molar-refractivity contribution in [1.82, 2.24) is 23.3 Å². The van der Waals surface area contributed by atoms with Crippen LogP contribution in [-0.2, 0) is 0 Å². The van der Waals surface area contributed by atoms with Gasteiger partial charge in [-0.3, -0.25) is 0 Å². The Balaban J connectivity index is 1.28. The van der Waals surface area contributed by atoms with Crippen molar-refractivity contribution in [2.45, 2.75) is 27.7 Å². The third kappa shape index (κ3) is 5.85. The van der Waals surface area contributed by atoms with Gasteiger partial charge >= 0.3 is 0 Å². The number of nitrogens with zero attached hydrogens (tertiary/aromatic N) is 6. The molecular formula is C70H46N6S. The molecule has 16 aromatic rings. The number of para-hydroxylation sites is 4. The maximum absolute atomic E-state index is 13.0. The molecule has 0 saturated heterocycles. The molecule has 6 aromatic heterocycles. The molecule has 6 nitrogen and oxygen atoms in total. The number of rotatable bonds is 5. The van der Waals surface area contributed by atoms with Crippen LogP contribution < -0.4 is 0 Å². The SMILES string of the molecule is Cc1cccc2c1c1ccccc1n2-c1c(C#N)c(-n2c3ccccc3c3c(C)cccc32)c(-n2c3ccccc3c3c(C)cccc32)c(-c2ccc3c(c2)sc2ncccc23)c1-n1c2ccccc2c2c(C)cccc21. The Morgan fingerprint density at radius 3 is 1.13 bits per heavy atom. The number of pyridine rings is 1. The van der Waals surface area contributed by atoms with Gasteiger partial charge in [-0.1, -0.05) is 133 Å². The van der Waals surface area contributed by atoms with Gasteiger partial charge in [-0.05, 0) is 122 Å². The van der Waals surface area contributed by atoms with E-state index in [0.717, 1.165) is 131 Å². The second kappa shape index (κ2) is 16.1. The van der Waals surface area contributed by atoms with Gasteiger partial charge in [0.15, 0.2) is 0 Å². The van der Waals surface area contributed by atoms with Gasteiger partial charge in [-0.15, -0.1) is 11.3 Å². The quantitative estimate of drug-likeness (QED) is 0.172. The van der Waals surface area contributed by atoms with Crippen molar-refractivity contribution in [3.05, 3.63) is 234 Å². The second-order valence-corrected chi connectivity index (χ2v) is 21.7. The summed E-state index contributed by atoms with van der Waals surface area (Å²) in [5.74, 6) is 0. The standard InChI is InChI=1S/C70H46N6S/c1-40-18-13-31-56-61(40)47-22-5-9-27-52(47)73(56)66-51(39-71)67(74-53-28-10-6-23-48(53)62-41(2)19-14-32-57(62)74)69(76-55-30-12-8-25-50(55)64-43(4)21-16-34-59(64)76)65(44-35-36-45-46-26-17-37-72-70(46)77-60(45)38-44)68(66)75-54-29-11-7-24-49(54)63-42(3)20-15-33-58(63)75/h5-38H,1-4H3. The molecule has 6 heterocycles. The fourth-order valence-corrected chi connectivity index (χ4v) is 14.6. The molecule has 0 amide bonds. The Bertz CT molecular complexity index is 5030. The van der Waals surface area contributed by atoms with Gasteiger partial charge in [0, 0.05) is 70.3 Å². The van der Waals surface area contributed by atoms with E-state index in [1.165, 1.54) is 33.0 Å². The normalized spacial score (nSPS) is 12.1. The van der Waals surface area contributed by atoms with Gasteiger partial charge in [-0.25, -0.2) is 4.98 Å². The second-order valence-electron chi connectivity index (χ2n) is 20.7. The molecule has 0 saturated carbocycles. The molecule has 0 unspecified atom stereocenters. The lowest BCUT2D eigenvalue weighted by molar-refractivity contribution is 1.04. The fourth-order valence-electron chi connectivity index (χ4n) is 13.5. The minimum Gasteiger partial charge on any atom is -0.306 e. The van der Waals surface area contributed by atoms with Gasteiger partial charge in [-0.2, -0.15) is 5.26 Å². The first kappa shape index (κ1) is 43.6. The van der Waals surface area contributed by atoms with Gasteiger partial charge in [0.25, 0.3) is 0 Å². The molecule has 7 heteroatoms. The maximum atomic E-state index is 13.0. The summed E-state index contributed by atoms with van der Waals surface area (Å²) in [4.78, 5) is 5.90. The molecule has 0 spiro atoms. The average Bonchev–Trinajstić information content (AvgIpc) is 4.18. The molecule has 0 N–H and O–H groups in total. The molecule has 0 aliphatic carbocycles. The largest absolute Gasteiger partial charge is 0.306 e. The Morgan fingerprint density at radius 1 is 0.364 bits per heavy atom. The molecule has 10 aromatic carbocycles. The maximum Gasteiger partial charge on any atom is 0.124 e. The summed E-state index contributed by atoms with van der Waals surface area (Å²) in [7, 11) is 0. The minimum absolute atomic E-state index is 0.552. The van der Waals surface area contributed by atoms with Gasteiger partial charge in [0.2, 0.25) is 0 Å². The van der Waals surface area contributed by atoms with E-state index in [2.05, 4.69) is 246 Å². The first-order valence-corrected chi connectivity index (χ1v) is 27.1. The number of aryl methyl sites for hydroxylation is 4. The van der Waals surface area contributed by atoms with Gasteiger partial charge < -0.3 is 18.3 Å². The van der Waals surface area contributed by atoms with Crippen LogP contribution in [0.1, 0.15) is 27.8 Å². The number of benzene rings is 10. The molecule has 16 rings (SSSR count). The van der Waals surface area contributed by atoms with Gasteiger partial charge in [0.05, 0.1) is 66.9 Å². The summed E-state index contributed by atoms with van der Waals surface area (Å²) in [6.45, 7) is 8.86. The highest BCUT2D eigenvalue weighted by Crippen LogP contribution is 2.53. The van der Waals surface area contributed by atoms with E-state index < -0.39 is 0 Å². The number of nitriles is 1. The third-order valence-electron chi connectivity index (χ3n) is 16.6. The number of thiophene rings is 1. The van der Waals surface area contributed by atoms with Crippen molar-refractivity contribution in [2.24, 2.45) is 0 Å². The molecular weight excluding hydrogens is 957 g/mol. The van der Waals surface area contributed by atoms with Crippen LogP contribution >= 0.6 is 11.3 Å². The van der Waals surface area contributed by atoms with Crippen molar-refractivity contribution in [3.8, 4) is 39.9 Å². The first-order valence-electron chi connectivity index (χ1n) is 26.3. The Kier molecular flexibility index (Phi) is 9.14. The molecule has 0 aliphatic rings. The summed E-state index contributed by atoms with van der Waals surface area (Å²) in [5, 5.41) is 24.5. The Morgan fingerprint density at radius 2 is 0.727 bits per heavy atom. The minimum atomic E-state index is 0.552. The Labute approximate surface area is 446 Å². The summed E-state index contributed by atoms with van der Waals surface area (Å²) < 4.78 is 11.0. The van der Waals surface area contributed by atoms with Crippen LogP contribution in [0.4, 0.5) is 0 Å². The van der Waals surface area contributed by atoms with E-state index in [1.807, 2.05) is 12.3 Å². The van der Waals surface area contributed by atoms with E-state index in [-0.39, 0.29) is 0 Å². The molecule has 0 fully saturated rings. The fraction of sp³-hybridized carbons (Fsp3) is 0.0571. The topological polar surface area (TPSA) is 56.4 Å². The van der Waals surface area contributed by atoms with Crippen LogP contribution in [-0.4, -0.2) is 23.3 Å². The number of hydrogen-bond acceptors (Lipinski definition) is 3. The van der Waals surface area contributed by atoms with E-state index in [1.54, 1.807) is 11.3 Å². The smallest absolute Gasteiger partial charge is 0.124 e. The van der Waals surface area contributed by atoms with Crippen molar-refractivity contribution < 1.29 is 0 Å². The summed E-state index contributed by atoms with van der Waals surface area (Å²) in [6.07, 6.45) is 1.89. The van der Waals surface area contributed by atoms with E-state index in [4.69, 9.17) is 4.98 Å². The lowest BCUT2D eigenvalue weighted by Gasteiger charge is -2.29. The van der Waals surface area contributed by atoms with Crippen LogP contribution in [0, 0.1) is 39.0 Å².